The molecule has 0 spiro atoms. The van der Waals surface area contributed by atoms with Gasteiger partial charge in [0.15, 0.2) is 5.82 Å². The lowest BCUT2D eigenvalue weighted by atomic mass is 10.2. The fourth-order valence-electron chi connectivity index (χ4n) is 2.37. The Morgan fingerprint density at radius 1 is 1.26 bits per heavy atom. The van der Waals surface area contributed by atoms with Crippen LogP contribution < -0.4 is 11.0 Å². The quantitative estimate of drug-likeness (QED) is 0.772. The highest BCUT2D eigenvalue weighted by atomic mass is 32.1. The molecule has 3 aromatic rings. The van der Waals surface area contributed by atoms with E-state index in [0.29, 0.717) is 21.7 Å². The van der Waals surface area contributed by atoms with E-state index in [-0.39, 0.29) is 11.3 Å². The molecule has 0 atom stereocenters. The molecule has 0 radical (unpaired) electrons. The van der Waals surface area contributed by atoms with Gasteiger partial charge in [-0.15, -0.1) is 11.3 Å². The number of nitrogens with zero attached hydrogens (tertiary/aromatic N) is 2. The molecule has 0 saturated heterocycles. The second kappa shape index (κ2) is 5.38. The highest BCUT2D eigenvalue weighted by Gasteiger charge is 2.34. The number of rotatable bonds is 2. The van der Waals surface area contributed by atoms with E-state index in [2.05, 4.69) is 10.3 Å². The molecule has 23 heavy (non-hydrogen) atoms. The van der Waals surface area contributed by atoms with Crippen molar-refractivity contribution in [2.75, 3.05) is 12.4 Å². The van der Waals surface area contributed by atoms with Crippen LogP contribution in [0, 0.1) is 6.92 Å². The zero-order chi connectivity index (χ0) is 16.8. The lowest BCUT2D eigenvalue weighted by molar-refractivity contribution is -0.134. The molecule has 8 heteroatoms. The lowest BCUT2D eigenvalue weighted by Crippen LogP contribution is -2.23. The Labute approximate surface area is 133 Å². The Kier molecular flexibility index (Phi) is 3.63. The summed E-state index contributed by atoms with van der Waals surface area (Å²) >= 11 is 0.569. The second-order valence-electron chi connectivity index (χ2n) is 4.94. The molecule has 0 unspecified atom stereocenters. The van der Waals surface area contributed by atoms with E-state index in [1.807, 2.05) is 0 Å². The number of fused-ring (bicyclic) bond motifs is 1. The van der Waals surface area contributed by atoms with Crippen LogP contribution >= 0.6 is 11.3 Å². The first-order valence-corrected chi connectivity index (χ1v) is 7.52. The summed E-state index contributed by atoms with van der Waals surface area (Å²) in [6, 6.07) is 7.99. The number of alkyl halides is 3. The summed E-state index contributed by atoms with van der Waals surface area (Å²) in [6.45, 7) is 1.79. The van der Waals surface area contributed by atoms with Crippen LogP contribution in [0.15, 0.2) is 35.1 Å². The van der Waals surface area contributed by atoms with Crippen molar-refractivity contribution in [2.24, 2.45) is 0 Å². The van der Waals surface area contributed by atoms with Crippen molar-refractivity contribution >= 4 is 27.4 Å². The lowest BCUT2D eigenvalue weighted by Gasteiger charge is -2.11. The summed E-state index contributed by atoms with van der Waals surface area (Å²) in [6.07, 6.45) is -4.47. The molecule has 0 saturated carbocycles. The van der Waals surface area contributed by atoms with Gasteiger partial charge in [-0.05, 0) is 24.6 Å². The van der Waals surface area contributed by atoms with E-state index in [1.54, 1.807) is 31.2 Å². The molecule has 4 nitrogen and oxygen atoms in total. The molecule has 120 valence electrons. The first-order chi connectivity index (χ1) is 10.8. The number of hydrogen-bond acceptors (Lipinski definition) is 4. The topological polar surface area (TPSA) is 46.9 Å². The predicted octanol–water partition coefficient (Wildman–Crippen LogP) is 3.82. The molecule has 1 N–H and O–H groups in total. The minimum Gasteiger partial charge on any atom is -0.372 e. The third-order valence-electron chi connectivity index (χ3n) is 3.44. The maximum absolute atomic E-state index is 13.1. The van der Waals surface area contributed by atoms with Crippen LogP contribution in [0.5, 0.6) is 0 Å². The zero-order valence-corrected chi connectivity index (χ0v) is 13.0. The minimum absolute atomic E-state index is 0.148. The van der Waals surface area contributed by atoms with E-state index < -0.39 is 16.7 Å². The van der Waals surface area contributed by atoms with Gasteiger partial charge in [-0.2, -0.15) is 18.2 Å². The number of halogens is 3. The Morgan fingerprint density at radius 3 is 2.57 bits per heavy atom. The number of aryl methyl sites for hydroxylation is 1. The third kappa shape index (κ3) is 2.59. The first-order valence-electron chi connectivity index (χ1n) is 6.70. The van der Waals surface area contributed by atoms with Gasteiger partial charge in [-0.3, -0.25) is 4.57 Å². The molecule has 0 fully saturated rings. The number of anilines is 1. The number of aromatic nitrogens is 2. The van der Waals surface area contributed by atoms with Gasteiger partial charge in [0.25, 0.3) is 0 Å². The van der Waals surface area contributed by atoms with Crippen LogP contribution in [-0.2, 0) is 6.18 Å². The van der Waals surface area contributed by atoms with Crippen molar-refractivity contribution in [1.82, 2.24) is 9.55 Å². The highest BCUT2D eigenvalue weighted by Crippen LogP contribution is 2.40. The molecule has 2 aromatic heterocycles. The van der Waals surface area contributed by atoms with Crippen molar-refractivity contribution in [2.45, 2.75) is 13.1 Å². The predicted molar refractivity (Wildman–Crippen MR) is 84.5 cm³/mol. The van der Waals surface area contributed by atoms with E-state index >= 15 is 0 Å². The van der Waals surface area contributed by atoms with Crippen LogP contribution in [0.25, 0.3) is 15.9 Å². The smallest absolute Gasteiger partial charge is 0.372 e. The molecular weight excluding hydrogens is 327 g/mol. The van der Waals surface area contributed by atoms with E-state index in [0.717, 1.165) is 11.6 Å². The maximum atomic E-state index is 13.1. The van der Waals surface area contributed by atoms with E-state index in [1.165, 1.54) is 11.6 Å². The number of para-hydroxylation sites is 1. The molecule has 0 aliphatic carbocycles. The summed E-state index contributed by atoms with van der Waals surface area (Å²) in [5, 5.41) is 2.69. The molecule has 0 aliphatic rings. The minimum atomic E-state index is -4.47. The molecule has 2 heterocycles. The number of thiophene rings is 1. The molecule has 1 aromatic carbocycles. The van der Waals surface area contributed by atoms with Gasteiger partial charge < -0.3 is 5.32 Å². The van der Waals surface area contributed by atoms with Crippen molar-refractivity contribution in [1.29, 1.82) is 0 Å². The van der Waals surface area contributed by atoms with Crippen LogP contribution in [0.2, 0.25) is 0 Å². The van der Waals surface area contributed by atoms with Gasteiger partial charge in [0.05, 0.1) is 15.9 Å². The van der Waals surface area contributed by atoms with Gasteiger partial charge in [-0.1, -0.05) is 18.2 Å². The largest absolute Gasteiger partial charge is 0.425 e. The van der Waals surface area contributed by atoms with Crippen LogP contribution in [0.1, 0.15) is 10.4 Å². The Balaban J connectivity index is 2.43. The van der Waals surface area contributed by atoms with Gasteiger partial charge in [0.1, 0.15) is 4.88 Å². The van der Waals surface area contributed by atoms with Crippen LogP contribution in [0.4, 0.5) is 19.0 Å². The van der Waals surface area contributed by atoms with E-state index in [4.69, 9.17) is 0 Å². The number of hydrogen-bond donors (Lipinski definition) is 1. The van der Waals surface area contributed by atoms with E-state index in [9.17, 15) is 18.0 Å². The van der Waals surface area contributed by atoms with Crippen molar-refractivity contribution in [3.8, 4) is 5.69 Å². The van der Waals surface area contributed by atoms with Crippen molar-refractivity contribution in [3.63, 3.8) is 0 Å². The van der Waals surface area contributed by atoms with Gasteiger partial charge in [0, 0.05) is 7.05 Å². The van der Waals surface area contributed by atoms with Crippen LogP contribution in [0.3, 0.4) is 0 Å². The zero-order valence-electron chi connectivity index (χ0n) is 12.2. The van der Waals surface area contributed by atoms with Crippen LogP contribution in [-0.4, -0.2) is 16.6 Å². The summed E-state index contributed by atoms with van der Waals surface area (Å²) in [5.74, 6) is 0.148. The number of benzene rings is 1. The Bertz CT molecular complexity index is 943. The molecular formula is C15H12F3N3OS. The summed E-state index contributed by atoms with van der Waals surface area (Å²) < 4.78 is 40.7. The van der Waals surface area contributed by atoms with Gasteiger partial charge >= 0.3 is 11.9 Å². The van der Waals surface area contributed by atoms with Gasteiger partial charge in [-0.25, -0.2) is 4.79 Å². The SMILES string of the molecule is CNc1nc(=O)n(-c2ccccc2C)c2cc(C(F)(F)F)sc12. The maximum Gasteiger partial charge on any atom is 0.425 e. The van der Waals surface area contributed by atoms with Crippen molar-refractivity contribution < 1.29 is 13.2 Å². The fraction of sp³-hybridized carbons (Fsp3) is 0.200. The fourth-order valence-corrected chi connectivity index (χ4v) is 3.38. The molecule has 0 bridgehead atoms. The summed E-state index contributed by atoms with van der Waals surface area (Å²) in [7, 11) is 1.52. The molecule has 3 rings (SSSR count). The Morgan fingerprint density at radius 2 is 1.96 bits per heavy atom. The average Bonchev–Trinajstić information content (AvgIpc) is 2.93. The monoisotopic (exact) mass is 339 g/mol. The normalized spacial score (nSPS) is 11.9. The Hall–Kier alpha value is -2.35. The summed E-state index contributed by atoms with van der Waals surface area (Å²) in [4.78, 5) is 15.5. The standard InChI is InChI=1S/C15H12F3N3OS/c1-8-5-3-4-6-9(8)21-10-7-11(15(16,17)18)23-12(10)13(19-2)20-14(21)22/h3-7H,1-2H3,(H,19,20,22). The highest BCUT2D eigenvalue weighted by molar-refractivity contribution is 7.19. The second-order valence-corrected chi connectivity index (χ2v) is 5.99. The van der Waals surface area contributed by atoms with Gasteiger partial charge in [0.2, 0.25) is 0 Å². The molecule has 0 aliphatic heterocycles. The average molecular weight is 339 g/mol. The summed E-state index contributed by atoms with van der Waals surface area (Å²) in [5.41, 5.74) is 0.863. The number of nitrogens with one attached hydrogen (secondary N) is 1. The first kappa shape index (κ1) is 15.5. The third-order valence-corrected chi connectivity index (χ3v) is 4.62. The molecule has 0 amide bonds. The van der Waals surface area contributed by atoms with Crippen molar-refractivity contribution in [3.05, 3.63) is 51.3 Å².